The molecule has 0 bridgehead atoms. The molecule has 2 rings (SSSR count). The normalized spacial score (nSPS) is 10.3. The van der Waals surface area contributed by atoms with E-state index in [4.69, 9.17) is 4.42 Å². The predicted molar refractivity (Wildman–Crippen MR) is 59.0 cm³/mol. The molecule has 0 saturated heterocycles. The van der Waals surface area contributed by atoms with Crippen LogP contribution in [0.3, 0.4) is 0 Å². The molecular formula is C13H12O2. The Labute approximate surface area is 88.5 Å². The van der Waals surface area contributed by atoms with Gasteiger partial charge >= 0.3 is 0 Å². The molecule has 1 aromatic carbocycles. The van der Waals surface area contributed by atoms with Gasteiger partial charge in [-0.1, -0.05) is 29.3 Å². The maximum absolute atomic E-state index is 10.7. The number of carbonyl (C=O) groups is 1. The van der Waals surface area contributed by atoms with Gasteiger partial charge in [-0.25, -0.2) is 0 Å². The van der Waals surface area contributed by atoms with E-state index >= 15 is 0 Å². The summed E-state index contributed by atoms with van der Waals surface area (Å²) in [4.78, 5) is 10.7. The van der Waals surface area contributed by atoms with Crippen LogP contribution in [0.1, 0.15) is 21.7 Å². The molecule has 0 aliphatic rings. The smallest absolute Gasteiger partial charge is 0.185 e. The first-order valence-corrected chi connectivity index (χ1v) is 4.82. The van der Waals surface area contributed by atoms with Gasteiger partial charge in [0.15, 0.2) is 12.0 Å². The van der Waals surface area contributed by atoms with Crippen LogP contribution in [0.25, 0.3) is 11.1 Å². The first-order valence-electron chi connectivity index (χ1n) is 4.82. The molecule has 0 aliphatic carbocycles. The summed E-state index contributed by atoms with van der Waals surface area (Å²) < 4.78 is 5.08. The van der Waals surface area contributed by atoms with Crippen molar-refractivity contribution in [1.29, 1.82) is 0 Å². The Morgan fingerprint density at radius 1 is 1.13 bits per heavy atom. The molecule has 2 nitrogen and oxygen atoms in total. The van der Waals surface area contributed by atoms with E-state index in [9.17, 15) is 4.79 Å². The standard InChI is InChI=1S/C13H12O2/c1-9-5-10(2)7-11(6-9)12-3-4-15-13(12)8-14/h3-8H,1-2H3. The van der Waals surface area contributed by atoms with Crippen LogP contribution >= 0.6 is 0 Å². The average Bonchev–Trinajstić information content (AvgIpc) is 2.63. The first-order chi connectivity index (χ1) is 7.20. The number of hydrogen-bond donors (Lipinski definition) is 0. The Kier molecular flexibility index (Phi) is 2.42. The molecule has 0 amide bonds. The molecule has 2 heteroatoms. The molecule has 0 saturated carbocycles. The second kappa shape index (κ2) is 3.73. The number of furan rings is 1. The Bertz CT molecular complexity index is 475. The number of aldehydes is 1. The van der Waals surface area contributed by atoms with Crippen LogP contribution in [0.15, 0.2) is 34.9 Å². The summed E-state index contributed by atoms with van der Waals surface area (Å²) in [5.41, 5.74) is 4.26. The van der Waals surface area contributed by atoms with E-state index in [0.717, 1.165) is 17.4 Å². The number of rotatable bonds is 2. The largest absolute Gasteiger partial charge is 0.461 e. The number of benzene rings is 1. The fourth-order valence-electron chi connectivity index (χ4n) is 1.78. The summed E-state index contributed by atoms with van der Waals surface area (Å²) in [7, 11) is 0. The van der Waals surface area contributed by atoms with Crippen LogP contribution in [-0.2, 0) is 0 Å². The highest BCUT2D eigenvalue weighted by molar-refractivity contribution is 5.84. The monoisotopic (exact) mass is 200 g/mol. The zero-order valence-electron chi connectivity index (χ0n) is 8.78. The topological polar surface area (TPSA) is 30.2 Å². The van der Waals surface area contributed by atoms with Crippen molar-refractivity contribution in [2.24, 2.45) is 0 Å². The van der Waals surface area contributed by atoms with Gasteiger partial charge in [-0.05, 0) is 25.5 Å². The van der Waals surface area contributed by atoms with Gasteiger partial charge in [0, 0.05) is 5.56 Å². The van der Waals surface area contributed by atoms with E-state index in [1.807, 2.05) is 32.0 Å². The molecule has 0 N–H and O–H groups in total. The number of hydrogen-bond acceptors (Lipinski definition) is 2. The van der Waals surface area contributed by atoms with E-state index in [2.05, 4.69) is 6.07 Å². The lowest BCUT2D eigenvalue weighted by Gasteiger charge is -2.02. The molecule has 0 unspecified atom stereocenters. The van der Waals surface area contributed by atoms with Gasteiger partial charge in [-0.2, -0.15) is 0 Å². The summed E-state index contributed by atoms with van der Waals surface area (Å²) in [6.45, 7) is 4.08. The van der Waals surface area contributed by atoms with Crippen LogP contribution in [0.2, 0.25) is 0 Å². The second-order valence-corrected chi connectivity index (χ2v) is 3.69. The fourth-order valence-corrected chi connectivity index (χ4v) is 1.78. The third-order valence-corrected chi connectivity index (χ3v) is 2.33. The molecule has 0 radical (unpaired) electrons. The van der Waals surface area contributed by atoms with E-state index < -0.39 is 0 Å². The van der Waals surface area contributed by atoms with E-state index in [-0.39, 0.29) is 0 Å². The van der Waals surface area contributed by atoms with Crippen molar-refractivity contribution in [3.05, 3.63) is 47.4 Å². The molecule has 2 aromatic rings. The van der Waals surface area contributed by atoms with Crippen molar-refractivity contribution in [2.75, 3.05) is 0 Å². The highest BCUT2D eigenvalue weighted by atomic mass is 16.3. The quantitative estimate of drug-likeness (QED) is 0.695. The van der Waals surface area contributed by atoms with Crippen molar-refractivity contribution < 1.29 is 9.21 Å². The molecule has 0 spiro atoms. The Hall–Kier alpha value is -1.83. The van der Waals surface area contributed by atoms with Gasteiger partial charge in [-0.15, -0.1) is 0 Å². The Morgan fingerprint density at radius 3 is 2.40 bits per heavy atom. The summed E-state index contributed by atoms with van der Waals surface area (Å²) in [6, 6.07) is 8.01. The minimum absolute atomic E-state index is 0.389. The van der Waals surface area contributed by atoms with Crippen molar-refractivity contribution in [3.8, 4) is 11.1 Å². The van der Waals surface area contributed by atoms with Gasteiger partial charge < -0.3 is 4.42 Å². The highest BCUT2D eigenvalue weighted by Gasteiger charge is 2.08. The van der Waals surface area contributed by atoms with Crippen LogP contribution in [0, 0.1) is 13.8 Å². The molecule has 1 heterocycles. The minimum Gasteiger partial charge on any atom is -0.461 e. The third-order valence-electron chi connectivity index (χ3n) is 2.33. The Morgan fingerprint density at radius 2 is 1.80 bits per heavy atom. The average molecular weight is 200 g/mol. The minimum atomic E-state index is 0.389. The van der Waals surface area contributed by atoms with Gasteiger partial charge in [0.25, 0.3) is 0 Å². The lowest BCUT2D eigenvalue weighted by atomic mass is 10.0. The summed E-state index contributed by atoms with van der Waals surface area (Å²) in [6.07, 6.45) is 2.28. The summed E-state index contributed by atoms with van der Waals surface area (Å²) >= 11 is 0. The third kappa shape index (κ3) is 1.84. The van der Waals surface area contributed by atoms with Crippen LogP contribution < -0.4 is 0 Å². The number of carbonyl (C=O) groups excluding carboxylic acids is 1. The zero-order chi connectivity index (χ0) is 10.8. The van der Waals surface area contributed by atoms with Crippen LogP contribution in [0.4, 0.5) is 0 Å². The van der Waals surface area contributed by atoms with E-state index in [0.29, 0.717) is 5.76 Å². The maximum Gasteiger partial charge on any atom is 0.185 e. The van der Waals surface area contributed by atoms with Crippen LogP contribution in [0.5, 0.6) is 0 Å². The molecule has 0 aliphatic heterocycles. The van der Waals surface area contributed by atoms with Gasteiger partial charge in [0.1, 0.15) is 0 Å². The van der Waals surface area contributed by atoms with Gasteiger partial charge in [0.2, 0.25) is 0 Å². The molecule has 76 valence electrons. The molecule has 15 heavy (non-hydrogen) atoms. The first kappa shape index (κ1) is 9.71. The fraction of sp³-hybridized carbons (Fsp3) is 0.154. The molecule has 1 aromatic heterocycles. The summed E-state index contributed by atoms with van der Waals surface area (Å²) in [5.74, 6) is 0.389. The number of aryl methyl sites for hydroxylation is 2. The van der Waals surface area contributed by atoms with E-state index in [1.54, 1.807) is 0 Å². The maximum atomic E-state index is 10.7. The lowest BCUT2D eigenvalue weighted by molar-refractivity contribution is 0.110. The van der Waals surface area contributed by atoms with E-state index in [1.165, 1.54) is 17.4 Å². The van der Waals surface area contributed by atoms with Gasteiger partial charge in [0.05, 0.1) is 6.26 Å². The lowest BCUT2D eigenvalue weighted by Crippen LogP contribution is -1.84. The van der Waals surface area contributed by atoms with Crippen molar-refractivity contribution in [3.63, 3.8) is 0 Å². The Balaban J connectivity index is 2.58. The van der Waals surface area contributed by atoms with Gasteiger partial charge in [-0.3, -0.25) is 4.79 Å². The molecular weight excluding hydrogens is 188 g/mol. The van der Waals surface area contributed by atoms with Crippen molar-refractivity contribution in [1.82, 2.24) is 0 Å². The van der Waals surface area contributed by atoms with Crippen LogP contribution in [-0.4, -0.2) is 6.29 Å². The van der Waals surface area contributed by atoms with Crippen molar-refractivity contribution in [2.45, 2.75) is 13.8 Å². The zero-order valence-corrected chi connectivity index (χ0v) is 8.78. The predicted octanol–water partition coefficient (Wildman–Crippen LogP) is 3.38. The summed E-state index contributed by atoms with van der Waals surface area (Å²) in [5, 5.41) is 0. The SMILES string of the molecule is Cc1cc(C)cc(-c2ccoc2C=O)c1. The van der Waals surface area contributed by atoms with Crippen molar-refractivity contribution >= 4 is 6.29 Å². The molecule has 0 atom stereocenters. The highest BCUT2D eigenvalue weighted by Crippen LogP contribution is 2.25. The second-order valence-electron chi connectivity index (χ2n) is 3.69. The molecule has 0 fully saturated rings.